The minimum Gasteiger partial charge on any atom is -0.470 e. The Labute approximate surface area is 195 Å². The lowest BCUT2D eigenvalue weighted by Gasteiger charge is -2.28. The summed E-state index contributed by atoms with van der Waals surface area (Å²) in [7, 11) is 0. The van der Waals surface area contributed by atoms with Gasteiger partial charge < -0.3 is 29.2 Å². The zero-order valence-electron chi connectivity index (χ0n) is 17.4. The van der Waals surface area contributed by atoms with Gasteiger partial charge in [0.25, 0.3) is 0 Å². The third-order valence-electron chi connectivity index (χ3n) is 6.31. The Morgan fingerprint density at radius 2 is 1.88 bits per heavy atom. The Morgan fingerprint density at radius 1 is 1.09 bits per heavy atom. The number of aromatic nitrogens is 2. The average molecular weight is 474 g/mol. The average Bonchev–Trinajstić information content (AvgIpc) is 3.51. The summed E-state index contributed by atoms with van der Waals surface area (Å²) in [4.78, 5) is 10.4. The Kier molecular flexibility index (Phi) is 5.43. The molecule has 4 atom stereocenters. The molecule has 1 aromatic carbocycles. The predicted molar refractivity (Wildman–Crippen MR) is 126 cm³/mol. The van der Waals surface area contributed by atoms with Crippen LogP contribution in [0.2, 0.25) is 5.02 Å². The molecular formula is C23H24ClN3O4S. The van der Waals surface area contributed by atoms with Gasteiger partial charge in [0.2, 0.25) is 0 Å². The number of benzene rings is 1. The van der Waals surface area contributed by atoms with Crippen molar-refractivity contribution in [2.24, 2.45) is 0 Å². The van der Waals surface area contributed by atoms with Crippen LogP contribution in [0.1, 0.15) is 0 Å². The standard InChI is InChI=1S/C23H24ClN3O4S/c24-15-9-16-17(10-20(25-16)31-19-12-30-22-18(28)11-29-23(19)22)26-21(15)13-1-3-14(4-2-13)27-5-7-32-8-6-27/h1-4,9-10,18-19,22-23,25,28H,5-8,11-12H2/t18-,19-,22?,23-/m1/s1. The number of nitrogens with zero attached hydrogens (tertiary/aromatic N) is 2. The van der Waals surface area contributed by atoms with Crippen LogP contribution in [0.3, 0.4) is 0 Å². The highest BCUT2D eigenvalue weighted by molar-refractivity contribution is 7.99. The third kappa shape index (κ3) is 3.74. The molecule has 0 saturated carbocycles. The number of halogens is 1. The van der Waals surface area contributed by atoms with Crippen molar-refractivity contribution >= 4 is 40.1 Å². The van der Waals surface area contributed by atoms with E-state index in [2.05, 4.69) is 34.1 Å². The van der Waals surface area contributed by atoms with Crippen molar-refractivity contribution in [1.82, 2.24) is 9.97 Å². The number of thioether (sulfide) groups is 1. The predicted octanol–water partition coefficient (Wildman–Crippen LogP) is 3.34. The molecule has 2 aromatic heterocycles. The summed E-state index contributed by atoms with van der Waals surface area (Å²) < 4.78 is 17.4. The number of rotatable bonds is 4. The minimum absolute atomic E-state index is 0.263. The monoisotopic (exact) mass is 473 g/mol. The number of hydrogen-bond acceptors (Lipinski definition) is 7. The fraction of sp³-hybridized carbons (Fsp3) is 0.435. The molecule has 0 bridgehead atoms. The molecule has 5 heterocycles. The van der Waals surface area contributed by atoms with Gasteiger partial charge in [-0.05, 0) is 18.2 Å². The molecule has 9 heteroatoms. The zero-order chi connectivity index (χ0) is 21.7. The number of aliphatic hydroxyl groups excluding tert-OH is 1. The van der Waals surface area contributed by atoms with E-state index in [1.807, 2.05) is 23.9 Å². The Balaban J connectivity index is 1.23. The van der Waals surface area contributed by atoms with Crippen molar-refractivity contribution < 1.29 is 19.3 Å². The zero-order valence-corrected chi connectivity index (χ0v) is 18.9. The number of nitrogens with one attached hydrogen (secondary N) is 1. The first-order valence-electron chi connectivity index (χ1n) is 10.9. The Morgan fingerprint density at radius 3 is 2.69 bits per heavy atom. The minimum atomic E-state index is -0.598. The van der Waals surface area contributed by atoms with Gasteiger partial charge in [0.1, 0.15) is 18.3 Å². The Hall–Kier alpha value is -1.97. The maximum absolute atomic E-state index is 9.92. The summed E-state index contributed by atoms with van der Waals surface area (Å²) in [5.41, 5.74) is 4.55. The molecule has 2 N–H and O–H groups in total. The van der Waals surface area contributed by atoms with Crippen LogP contribution in [0, 0.1) is 0 Å². The van der Waals surface area contributed by atoms with Gasteiger partial charge in [-0.1, -0.05) is 23.7 Å². The van der Waals surface area contributed by atoms with Crippen LogP contribution >= 0.6 is 23.4 Å². The van der Waals surface area contributed by atoms with Gasteiger partial charge in [-0.15, -0.1) is 0 Å². The summed E-state index contributed by atoms with van der Waals surface area (Å²) >= 11 is 8.60. The molecule has 3 aromatic rings. The van der Waals surface area contributed by atoms with Gasteiger partial charge in [0, 0.05) is 41.9 Å². The van der Waals surface area contributed by atoms with E-state index in [9.17, 15) is 5.11 Å². The fourth-order valence-corrected chi connectivity index (χ4v) is 5.80. The number of ether oxygens (including phenoxy) is 3. The largest absolute Gasteiger partial charge is 0.470 e. The highest BCUT2D eigenvalue weighted by atomic mass is 35.5. The molecule has 32 heavy (non-hydrogen) atoms. The number of fused-ring (bicyclic) bond motifs is 2. The summed E-state index contributed by atoms with van der Waals surface area (Å²) in [5, 5.41) is 10.5. The molecule has 0 radical (unpaired) electrons. The van der Waals surface area contributed by atoms with Gasteiger partial charge >= 0.3 is 0 Å². The van der Waals surface area contributed by atoms with Gasteiger partial charge in [0.15, 0.2) is 12.0 Å². The first-order chi connectivity index (χ1) is 15.7. The molecule has 6 rings (SSSR count). The Bertz CT molecular complexity index is 1120. The van der Waals surface area contributed by atoms with Crippen LogP contribution in [0.25, 0.3) is 22.3 Å². The number of H-pyrrole nitrogens is 1. The normalized spacial score (nSPS) is 27.8. The van der Waals surface area contributed by atoms with Crippen molar-refractivity contribution in [1.29, 1.82) is 0 Å². The number of aliphatic hydroxyl groups is 1. The van der Waals surface area contributed by atoms with E-state index in [1.165, 1.54) is 17.2 Å². The van der Waals surface area contributed by atoms with E-state index in [4.69, 9.17) is 30.8 Å². The second kappa shape index (κ2) is 8.43. The lowest BCUT2D eigenvalue weighted by atomic mass is 10.1. The lowest BCUT2D eigenvalue weighted by molar-refractivity contribution is 0.00794. The first kappa shape index (κ1) is 20.6. The second-order valence-electron chi connectivity index (χ2n) is 8.35. The maximum atomic E-state index is 9.92. The molecule has 3 fully saturated rings. The van der Waals surface area contributed by atoms with Crippen LogP contribution in [-0.2, 0) is 9.47 Å². The highest BCUT2D eigenvalue weighted by Gasteiger charge is 2.48. The smallest absolute Gasteiger partial charge is 0.193 e. The molecule has 1 unspecified atom stereocenters. The van der Waals surface area contributed by atoms with E-state index < -0.39 is 6.10 Å². The quantitative estimate of drug-likeness (QED) is 0.601. The summed E-state index contributed by atoms with van der Waals surface area (Å²) in [5.74, 6) is 2.92. The molecule has 3 saturated heterocycles. The number of hydrogen-bond donors (Lipinski definition) is 2. The molecule has 7 nitrogen and oxygen atoms in total. The van der Waals surface area contributed by atoms with Gasteiger partial charge in [-0.25, -0.2) is 4.98 Å². The fourth-order valence-electron chi connectivity index (χ4n) is 4.63. The van der Waals surface area contributed by atoms with E-state index in [0.29, 0.717) is 17.5 Å². The summed E-state index contributed by atoms with van der Waals surface area (Å²) in [6, 6.07) is 12.2. The molecule has 3 aliphatic heterocycles. The number of aromatic amines is 1. The SMILES string of the molecule is O[C@@H]1CO[C@H]2C1OC[C@H]2Oc1cc2nc(-c3ccc(N4CCSCC4)cc3)c(Cl)cc2[nH]1. The van der Waals surface area contributed by atoms with Gasteiger partial charge in [-0.2, -0.15) is 11.8 Å². The molecule has 3 aliphatic rings. The van der Waals surface area contributed by atoms with Crippen molar-refractivity contribution in [2.45, 2.75) is 24.4 Å². The molecule has 0 spiro atoms. The lowest BCUT2D eigenvalue weighted by Crippen LogP contribution is -2.34. The number of pyridine rings is 1. The highest BCUT2D eigenvalue weighted by Crippen LogP contribution is 2.34. The molecular weight excluding hydrogens is 450 g/mol. The maximum Gasteiger partial charge on any atom is 0.193 e. The van der Waals surface area contributed by atoms with Gasteiger partial charge in [-0.3, -0.25) is 0 Å². The van der Waals surface area contributed by atoms with Gasteiger partial charge in [0.05, 0.1) is 35.0 Å². The van der Waals surface area contributed by atoms with Crippen LogP contribution in [-0.4, -0.2) is 77.3 Å². The van der Waals surface area contributed by atoms with Crippen LogP contribution < -0.4 is 9.64 Å². The molecule has 168 valence electrons. The van der Waals surface area contributed by atoms with Crippen molar-refractivity contribution in [3.8, 4) is 17.1 Å². The van der Waals surface area contributed by atoms with Crippen molar-refractivity contribution in [3.63, 3.8) is 0 Å². The van der Waals surface area contributed by atoms with E-state index in [1.54, 1.807) is 0 Å². The molecule has 0 amide bonds. The first-order valence-corrected chi connectivity index (χ1v) is 12.4. The molecule has 0 aliphatic carbocycles. The van der Waals surface area contributed by atoms with E-state index >= 15 is 0 Å². The van der Waals surface area contributed by atoms with Crippen molar-refractivity contribution in [3.05, 3.63) is 41.4 Å². The second-order valence-corrected chi connectivity index (χ2v) is 9.98. The summed E-state index contributed by atoms with van der Waals surface area (Å²) in [6.07, 6.45) is -1.46. The third-order valence-corrected chi connectivity index (χ3v) is 7.54. The summed E-state index contributed by atoms with van der Waals surface area (Å²) in [6.45, 7) is 2.82. The van der Waals surface area contributed by atoms with E-state index in [0.717, 1.165) is 35.4 Å². The number of anilines is 1. The van der Waals surface area contributed by atoms with Crippen LogP contribution in [0.15, 0.2) is 36.4 Å². The topological polar surface area (TPSA) is 79.8 Å². The van der Waals surface area contributed by atoms with E-state index in [-0.39, 0.29) is 24.9 Å². The van der Waals surface area contributed by atoms with Crippen LogP contribution in [0.5, 0.6) is 5.88 Å². The van der Waals surface area contributed by atoms with Crippen molar-refractivity contribution in [2.75, 3.05) is 42.7 Å². The van der Waals surface area contributed by atoms with Crippen LogP contribution in [0.4, 0.5) is 5.69 Å².